The maximum absolute atomic E-state index is 12.1. The number of carbonyl (C=O) groups excluding carboxylic acids is 1. The SMILES string of the molecule is C=CCn1c(SC(C)C(=O)NCC(C)C)nc2ccccc21. The number of hydrogen-bond donors (Lipinski definition) is 1. The third-order valence-corrected chi connectivity index (χ3v) is 4.36. The molecule has 1 N–H and O–H groups in total. The van der Waals surface area contributed by atoms with Crippen LogP contribution in [0.1, 0.15) is 20.8 Å². The molecule has 1 atom stereocenters. The summed E-state index contributed by atoms with van der Waals surface area (Å²) in [5, 5.41) is 3.64. The van der Waals surface area contributed by atoms with Crippen LogP contribution in [0.4, 0.5) is 0 Å². The van der Waals surface area contributed by atoms with E-state index in [1.54, 1.807) is 0 Å². The summed E-state index contributed by atoms with van der Waals surface area (Å²) in [5.74, 6) is 0.502. The van der Waals surface area contributed by atoms with Gasteiger partial charge in [-0.3, -0.25) is 4.79 Å². The summed E-state index contributed by atoms with van der Waals surface area (Å²) < 4.78 is 2.10. The van der Waals surface area contributed by atoms with Crippen molar-refractivity contribution in [2.45, 2.75) is 37.7 Å². The van der Waals surface area contributed by atoms with Gasteiger partial charge in [-0.05, 0) is 25.0 Å². The van der Waals surface area contributed by atoms with Crippen molar-refractivity contribution in [1.29, 1.82) is 0 Å². The second kappa shape index (κ2) is 7.49. The van der Waals surface area contributed by atoms with Crippen LogP contribution in [0.15, 0.2) is 42.1 Å². The van der Waals surface area contributed by atoms with E-state index in [-0.39, 0.29) is 11.2 Å². The number of amides is 1. The predicted molar refractivity (Wildman–Crippen MR) is 93.1 cm³/mol. The van der Waals surface area contributed by atoms with Crippen LogP contribution in [-0.4, -0.2) is 27.3 Å². The first-order valence-corrected chi connectivity index (χ1v) is 8.41. The number of rotatable bonds is 7. The molecular formula is C17H23N3OS. The van der Waals surface area contributed by atoms with Gasteiger partial charge in [0.2, 0.25) is 5.91 Å². The van der Waals surface area contributed by atoms with Gasteiger partial charge in [0.05, 0.1) is 16.3 Å². The number of thioether (sulfide) groups is 1. The minimum atomic E-state index is -0.181. The molecular weight excluding hydrogens is 294 g/mol. The smallest absolute Gasteiger partial charge is 0.233 e. The summed E-state index contributed by atoms with van der Waals surface area (Å²) >= 11 is 1.49. The Hall–Kier alpha value is -1.75. The molecule has 0 aliphatic carbocycles. The highest BCUT2D eigenvalue weighted by atomic mass is 32.2. The van der Waals surface area contributed by atoms with Crippen LogP contribution in [-0.2, 0) is 11.3 Å². The van der Waals surface area contributed by atoms with Crippen LogP contribution in [0.5, 0.6) is 0 Å². The third-order valence-electron chi connectivity index (χ3n) is 3.27. The number of benzene rings is 1. The summed E-state index contributed by atoms with van der Waals surface area (Å²) in [5.41, 5.74) is 2.02. The minimum absolute atomic E-state index is 0.0518. The molecule has 0 aliphatic rings. The topological polar surface area (TPSA) is 46.9 Å². The molecule has 1 heterocycles. The van der Waals surface area contributed by atoms with Gasteiger partial charge in [-0.1, -0.05) is 43.8 Å². The van der Waals surface area contributed by atoms with E-state index in [0.29, 0.717) is 19.0 Å². The van der Waals surface area contributed by atoms with Gasteiger partial charge >= 0.3 is 0 Å². The average molecular weight is 317 g/mol. The maximum atomic E-state index is 12.1. The molecule has 22 heavy (non-hydrogen) atoms. The fourth-order valence-electron chi connectivity index (χ4n) is 2.11. The quantitative estimate of drug-likeness (QED) is 0.628. The first-order chi connectivity index (χ1) is 10.5. The molecule has 1 aromatic heterocycles. The zero-order valence-corrected chi connectivity index (χ0v) is 14.2. The van der Waals surface area contributed by atoms with Gasteiger partial charge in [-0.15, -0.1) is 6.58 Å². The predicted octanol–water partition coefficient (Wildman–Crippen LogP) is 3.48. The number of fused-ring (bicyclic) bond motifs is 1. The molecule has 118 valence electrons. The van der Waals surface area contributed by atoms with E-state index in [9.17, 15) is 4.79 Å². The lowest BCUT2D eigenvalue weighted by atomic mass is 10.2. The number of allylic oxidation sites excluding steroid dienone is 1. The van der Waals surface area contributed by atoms with E-state index in [2.05, 4.69) is 35.3 Å². The molecule has 4 nitrogen and oxygen atoms in total. The van der Waals surface area contributed by atoms with Crippen molar-refractivity contribution < 1.29 is 4.79 Å². The Morgan fingerprint density at radius 3 is 2.82 bits per heavy atom. The Labute approximate surface area is 136 Å². The molecule has 0 saturated carbocycles. The zero-order valence-electron chi connectivity index (χ0n) is 13.4. The largest absolute Gasteiger partial charge is 0.355 e. The summed E-state index contributed by atoms with van der Waals surface area (Å²) in [7, 11) is 0. The monoisotopic (exact) mass is 317 g/mol. The van der Waals surface area contributed by atoms with Gasteiger partial charge in [-0.25, -0.2) is 4.98 Å². The Morgan fingerprint density at radius 1 is 1.41 bits per heavy atom. The molecule has 0 aliphatic heterocycles. The fourth-order valence-corrected chi connectivity index (χ4v) is 3.07. The van der Waals surface area contributed by atoms with Crippen molar-refractivity contribution in [2.75, 3.05) is 6.54 Å². The van der Waals surface area contributed by atoms with Crippen LogP contribution < -0.4 is 5.32 Å². The lowest BCUT2D eigenvalue weighted by molar-refractivity contribution is -0.120. The Bertz CT molecular complexity index is 663. The van der Waals surface area contributed by atoms with Gasteiger partial charge in [0, 0.05) is 13.1 Å². The lowest BCUT2D eigenvalue weighted by Crippen LogP contribution is -2.33. The Kier molecular flexibility index (Phi) is 5.66. The van der Waals surface area contributed by atoms with Crippen LogP contribution in [0.3, 0.4) is 0 Å². The first kappa shape index (κ1) is 16.6. The van der Waals surface area contributed by atoms with Crippen LogP contribution in [0.2, 0.25) is 0 Å². The molecule has 1 unspecified atom stereocenters. The summed E-state index contributed by atoms with van der Waals surface area (Å²) in [6, 6.07) is 8.00. The molecule has 0 spiro atoms. The van der Waals surface area contributed by atoms with Crippen molar-refractivity contribution in [3.8, 4) is 0 Å². The molecule has 0 radical (unpaired) electrons. The molecule has 1 aromatic carbocycles. The summed E-state index contributed by atoms with van der Waals surface area (Å²) in [6.45, 7) is 11.3. The fraction of sp³-hybridized carbons (Fsp3) is 0.412. The van der Waals surface area contributed by atoms with E-state index in [1.807, 2.05) is 37.3 Å². The highest BCUT2D eigenvalue weighted by Gasteiger charge is 2.19. The van der Waals surface area contributed by atoms with Crippen molar-refractivity contribution >= 4 is 28.7 Å². The van der Waals surface area contributed by atoms with Gasteiger partial charge in [-0.2, -0.15) is 0 Å². The zero-order chi connectivity index (χ0) is 16.1. The number of hydrogen-bond acceptors (Lipinski definition) is 3. The maximum Gasteiger partial charge on any atom is 0.233 e. The molecule has 0 bridgehead atoms. The number of carbonyl (C=O) groups is 1. The van der Waals surface area contributed by atoms with Crippen LogP contribution in [0, 0.1) is 5.92 Å². The number of nitrogens with zero attached hydrogens (tertiary/aromatic N) is 2. The van der Waals surface area contributed by atoms with Crippen molar-refractivity contribution in [3.63, 3.8) is 0 Å². The molecule has 1 amide bonds. The molecule has 2 rings (SSSR count). The van der Waals surface area contributed by atoms with Crippen molar-refractivity contribution in [3.05, 3.63) is 36.9 Å². The van der Waals surface area contributed by atoms with E-state index in [0.717, 1.165) is 16.2 Å². The Balaban J connectivity index is 2.17. The second-order valence-electron chi connectivity index (χ2n) is 5.68. The van der Waals surface area contributed by atoms with Crippen molar-refractivity contribution in [2.24, 2.45) is 5.92 Å². The first-order valence-electron chi connectivity index (χ1n) is 7.53. The number of para-hydroxylation sites is 2. The van der Waals surface area contributed by atoms with Crippen LogP contribution >= 0.6 is 11.8 Å². The molecule has 2 aromatic rings. The highest BCUT2D eigenvalue weighted by molar-refractivity contribution is 8.00. The van der Waals surface area contributed by atoms with E-state index in [4.69, 9.17) is 0 Å². The summed E-state index contributed by atoms with van der Waals surface area (Å²) in [4.78, 5) is 16.8. The van der Waals surface area contributed by atoms with E-state index in [1.165, 1.54) is 11.8 Å². The van der Waals surface area contributed by atoms with Gasteiger partial charge < -0.3 is 9.88 Å². The normalized spacial score (nSPS) is 12.5. The minimum Gasteiger partial charge on any atom is -0.355 e. The average Bonchev–Trinajstić information content (AvgIpc) is 2.83. The second-order valence-corrected chi connectivity index (χ2v) is 6.99. The van der Waals surface area contributed by atoms with Gasteiger partial charge in [0.15, 0.2) is 5.16 Å². The van der Waals surface area contributed by atoms with Crippen LogP contribution in [0.25, 0.3) is 11.0 Å². The standard InChI is InChI=1S/C17H23N3OS/c1-5-10-20-15-9-7-6-8-14(15)19-17(20)22-13(4)16(21)18-11-12(2)3/h5-9,12-13H,1,10-11H2,2-4H3,(H,18,21). The Morgan fingerprint density at radius 2 is 2.14 bits per heavy atom. The van der Waals surface area contributed by atoms with Gasteiger partial charge in [0.1, 0.15) is 0 Å². The molecule has 0 saturated heterocycles. The summed E-state index contributed by atoms with van der Waals surface area (Å²) in [6.07, 6.45) is 1.85. The molecule has 5 heteroatoms. The van der Waals surface area contributed by atoms with E-state index < -0.39 is 0 Å². The number of imidazole rings is 1. The van der Waals surface area contributed by atoms with Gasteiger partial charge in [0.25, 0.3) is 0 Å². The molecule has 0 fully saturated rings. The third kappa shape index (κ3) is 3.91. The van der Waals surface area contributed by atoms with Crippen molar-refractivity contribution in [1.82, 2.24) is 14.9 Å². The van der Waals surface area contributed by atoms with E-state index >= 15 is 0 Å². The number of nitrogens with one attached hydrogen (secondary N) is 1. The number of aromatic nitrogens is 2. The lowest BCUT2D eigenvalue weighted by Gasteiger charge is -2.13. The highest BCUT2D eigenvalue weighted by Crippen LogP contribution is 2.27.